The molecular formula is C20H28NO5P. The van der Waals surface area contributed by atoms with Gasteiger partial charge in [-0.3, -0.25) is 4.57 Å². The molecule has 0 bridgehead atoms. The molecule has 1 atom stereocenters. The highest BCUT2D eigenvalue weighted by Crippen LogP contribution is 2.62. The molecule has 7 heteroatoms. The Balaban J connectivity index is 2.54. The van der Waals surface area contributed by atoms with Gasteiger partial charge in [-0.25, -0.2) is 0 Å². The minimum Gasteiger partial charge on any atom is -0.497 e. The summed E-state index contributed by atoms with van der Waals surface area (Å²) in [4.78, 5) is 0. The Morgan fingerprint density at radius 3 is 2.11 bits per heavy atom. The lowest BCUT2D eigenvalue weighted by Crippen LogP contribution is -2.16. The van der Waals surface area contributed by atoms with Gasteiger partial charge in [0.05, 0.1) is 27.4 Å². The molecule has 1 N–H and O–H groups in total. The van der Waals surface area contributed by atoms with Gasteiger partial charge in [-0.15, -0.1) is 0 Å². The number of hydrogen-bond acceptors (Lipinski definition) is 6. The monoisotopic (exact) mass is 393 g/mol. The lowest BCUT2D eigenvalue weighted by Gasteiger charge is -2.29. The van der Waals surface area contributed by atoms with E-state index in [-0.39, 0.29) is 13.2 Å². The molecule has 0 radical (unpaired) electrons. The van der Waals surface area contributed by atoms with Crippen LogP contribution in [0.3, 0.4) is 0 Å². The van der Waals surface area contributed by atoms with Gasteiger partial charge in [-0.05, 0) is 45.0 Å². The van der Waals surface area contributed by atoms with Gasteiger partial charge in [0, 0.05) is 17.3 Å². The number of rotatable bonds is 10. The van der Waals surface area contributed by atoms with E-state index < -0.39 is 13.4 Å². The summed E-state index contributed by atoms with van der Waals surface area (Å²) in [5, 5.41) is 3.31. The third-order valence-corrected chi connectivity index (χ3v) is 6.30. The van der Waals surface area contributed by atoms with Crippen molar-refractivity contribution in [2.45, 2.75) is 26.6 Å². The van der Waals surface area contributed by atoms with Crippen LogP contribution in [-0.2, 0) is 13.6 Å². The van der Waals surface area contributed by atoms with E-state index in [1.807, 2.05) is 37.3 Å². The van der Waals surface area contributed by atoms with Gasteiger partial charge in [-0.2, -0.15) is 0 Å². The Labute approximate surface area is 161 Å². The zero-order chi connectivity index (χ0) is 19.9. The van der Waals surface area contributed by atoms with Crippen LogP contribution in [0.2, 0.25) is 0 Å². The highest BCUT2D eigenvalue weighted by molar-refractivity contribution is 7.54. The molecule has 0 aliphatic carbocycles. The van der Waals surface area contributed by atoms with E-state index in [9.17, 15) is 4.57 Å². The van der Waals surface area contributed by atoms with Gasteiger partial charge in [0.25, 0.3) is 0 Å². The highest BCUT2D eigenvalue weighted by atomic mass is 31.2. The van der Waals surface area contributed by atoms with Crippen LogP contribution in [0.15, 0.2) is 42.5 Å². The summed E-state index contributed by atoms with van der Waals surface area (Å²) < 4.78 is 35.7. The van der Waals surface area contributed by atoms with Crippen LogP contribution in [0.25, 0.3) is 0 Å². The molecule has 0 saturated heterocycles. The van der Waals surface area contributed by atoms with Crippen molar-refractivity contribution in [1.82, 2.24) is 0 Å². The molecule has 0 saturated carbocycles. The van der Waals surface area contributed by atoms with Crippen molar-refractivity contribution in [2.75, 3.05) is 32.8 Å². The van der Waals surface area contributed by atoms with E-state index in [1.165, 1.54) is 0 Å². The Kier molecular flexibility index (Phi) is 7.72. The van der Waals surface area contributed by atoms with Crippen molar-refractivity contribution >= 4 is 13.3 Å². The number of benzene rings is 2. The van der Waals surface area contributed by atoms with E-state index >= 15 is 0 Å². The SMILES string of the molecule is CCOP(=O)(OCC)C(Nc1ccc(C)cc1)c1ccc(OC)cc1OC. The van der Waals surface area contributed by atoms with Crippen LogP contribution < -0.4 is 14.8 Å². The minimum absolute atomic E-state index is 0.266. The fourth-order valence-corrected chi connectivity index (χ4v) is 4.68. The maximum absolute atomic E-state index is 13.6. The topological polar surface area (TPSA) is 66.0 Å². The molecule has 2 rings (SSSR count). The van der Waals surface area contributed by atoms with Gasteiger partial charge >= 0.3 is 7.60 Å². The fraction of sp³-hybridized carbons (Fsp3) is 0.400. The number of methoxy groups -OCH3 is 2. The van der Waals surface area contributed by atoms with Crippen molar-refractivity contribution in [2.24, 2.45) is 0 Å². The molecule has 0 aliphatic heterocycles. The summed E-state index contributed by atoms with van der Waals surface area (Å²) in [6.07, 6.45) is 0. The summed E-state index contributed by atoms with van der Waals surface area (Å²) in [5.41, 5.74) is 2.61. The van der Waals surface area contributed by atoms with Crippen molar-refractivity contribution in [3.8, 4) is 11.5 Å². The highest BCUT2D eigenvalue weighted by Gasteiger charge is 2.39. The van der Waals surface area contributed by atoms with Crippen molar-refractivity contribution in [1.29, 1.82) is 0 Å². The van der Waals surface area contributed by atoms with E-state index in [1.54, 1.807) is 40.2 Å². The number of nitrogens with one attached hydrogen (secondary N) is 1. The standard InChI is InChI=1S/C20H28NO5P/c1-6-25-27(22,26-7-2)20(21-16-10-8-15(3)9-11-16)18-13-12-17(23-4)14-19(18)24-5/h8-14,20-21H,6-7H2,1-5H3. The second-order valence-electron chi connectivity index (χ2n) is 5.90. The first kappa shape index (κ1) is 21.3. The minimum atomic E-state index is -3.52. The zero-order valence-electron chi connectivity index (χ0n) is 16.5. The quantitative estimate of drug-likeness (QED) is 0.546. The Hall–Kier alpha value is -2.01. The zero-order valence-corrected chi connectivity index (χ0v) is 17.4. The van der Waals surface area contributed by atoms with Crippen LogP contribution in [0.5, 0.6) is 11.5 Å². The molecule has 0 amide bonds. The first-order chi connectivity index (χ1) is 13.0. The van der Waals surface area contributed by atoms with E-state index in [0.717, 1.165) is 11.3 Å². The predicted octanol–water partition coefficient (Wildman–Crippen LogP) is 5.39. The molecule has 0 aromatic heterocycles. The first-order valence-corrected chi connectivity index (χ1v) is 10.5. The largest absolute Gasteiger partial charge is 0.497 e. The van der Waals surface area contributed by atoms with Gasteiger partial charge in [0.1, 0.15) is 11.5 Å². The molecule has 2 aromatic rings. The Morgan fingerprint density at radius 1 is 0.963 bits per heavy atom. The maximum atomic E-state index is 13.6. The first-order valence-electron chi connectivity index (χ1n) is 8.91. The van der Waals surface area contributed by atoms with E-state index in [4.69, 9.17) is 18.5 Å². The average molecular weight is 393 g/mol. The smallest absolute Gasteiger partial charge is 0.357 e. The van der Waals surface area contributed by atoms with Gasteiger partial charge in [-0.1, -0.05) is 17.7 Å². The molecular weight excluding hydrogens is 365 g/mol. The number of ether oxygens (including phenoxy) is 2. The molecule has 148 valence electrons. The number of aryl methyl sites for hydroxylation is 1. The summed E-state index contributed by atoms with van der Waals surface area (Å²) in [6.45, 7) is 6.13. The molecule has 0 aliphatic rings. The van der Waals surface area contributed by atoms with Crippen molar-refractivity contribution < 1.29 is 23.1 Å². The summed E-state index contributed by atoms with van der Waals surface area (Å²) in [6, 6.07) is 13.2. The molecule has 1 unspecified atom stereocenters. The van der Waals surface area contributed by atoms with Crippen LogP contribution in [-0.4, -0.2) is 27.4 Å². The molecule has 0 fully saturated rings. The maximum Gasteiger partial charge on any atom is 0.357 e. The Morgan fingerprint density at radius 2 is 1.59 bits per heavy atom. The van der Waals surface area contributed by atoms with Gasteiger partial charge in [0.15, 0.2) is 5.78 Å². The summed E-state index contributed by atoms with van der Waals surface area (Å²) in [7, 11) is -0.376. The van der Waals surface area contributed by atoms with Gasteiger partial charge in [0.2, 0.25) is 0 Å². The average Bonchev–Trinajstić information content (AvgIpc) is 2.67. The van der Waals surface area contributed by atoms with Crippen LogP contribution in [0, 0.1) is 6.92 Å². The number of hydrogen-bond donors (Lipinski definition) is 1. The van der Waals surface area contributed by atoms with Crippen molar-refractivity contribution in [3.05, 3.63) is 53.6 Å². The molecule has 27 heavy (non-hydrogen) atoms. The molecule has 2 aromatic carbocycles. The number of anilines is 1. The summed E-state index contributed by atoms with van der Waals surface area (Å²) in [5.74, 6) is 0.451. The molecule has 0 heterocycles. The third kappa shape index (κ3) is 5.25. The van der Waals surface area contributed by atoms with Gasteiger partial charge < -0.3 is 23.8 Å². The lowest BCUT2D eigenvalue weighted by molar-refractivity contribution is 0.213. The fourth-order valence-electron chi connectivity index (χ4n) is 2.73. The summed E-state index contributed by atoms with van der Waals surface area (Å²) >= 11 is 0. The lowest BCUT2D eigenvalue weighted by atomic mass is 10.1. The van der Waals surface area contributed by atoms with E-state index in [0.29, 0.717) is 17.1 Å². The van der Waals surface area contributed by atoms with Crippen LogP contribution >= 0.6 is 7.60 Å². The second-order valence-corrected chi connectivity index (χ2v) is 8.01. The molecule has 0 spiro atoms. The van der Waals surface area contributed by atoms with Crippen molar-refractivity contribution in [3.63, 3.8) is 0 Å². The molecule has 6 nitrogen and oxygen atoms in total. The normalized spacial score (nSPS) is 12.5. The van der Waals surface area contributed by atoms with Crippen LogP contribution in [0.4, 0.5) is 5.69 Å². The Bertz CT molecular complexity index is 768. The van der Waals surface area contributed by atoms with Crippen LogP contribution in [0.1, 0.15) is 30.8 Å². The second kappa shape index (κ2) is 9.79. The third-order valence-electron chi connectivity index (χ3n) is 4.02. The predicted molar refractivity (Wildman–Crippen MR) is 108 cm³/mol. The van der Waals surface area contributed by atoms with E-state index in [2.05, 4.69) is 5.32 Å².